The van der Waals surface area contributed by atoms with E-state index in [1.165, 1.54) is 11.1 Å². The zero-order valence-corrected chi connectivity index (χ0v) is 14.1. The smallest absolute Gasteiger partial charge is 0.165 e. The van der Waals surface area contributed by atoms with Gasteiger partial charge in [0.05, 0.1) is 0 Å². The van der Waals surface area contributed by atoms with Gasteiger partial charge in [-0.1, -0.05) is 54.6 Å². The summed E-state index contributed by atoms with van der Waals surface area (Å²) in [6, 6.07) is 19.0. The molecule has 0 unspecified atom stereocenters. The predicted octanol–water partition coefficient (Wildman–Crippen LogP) is 3.44. The largest absolute Gasteiger partial charge is 0.301 e. The average Bonchev–Trinajstić information content (AvgIpc) is 3.13. The van der Waals surface area contributed by atoms with Gasteiger partial charge in [0.15, 0.2) is 5.84 Å². The Morgan fingerprint density at radius 1 is 1.00 bits per heavy atom. The van der Waals surface area contributed by atoms with E-state index < -0.39 is 0 Å². The fourth-order valence-corrected chi connectivity index (χ4v) is 2.70. The molecule has 0 saturated carbocycles. The molecule has 0 spiro atoms. The van der Waals surface area contributed by atoms with E-state index in [-0.39, 0.29) is 0 Å². The van der Waals surface area contributed by atoms with Gasteiger partial charge in [-0.05, 0) is 24.0 Å². The zero-order valence-electron chi connectivity index (χ0n) is 14.1. The van der Waals surface area contributed by atoms with Gasteiger partial charge in [-0.3, -0.25) is 4.57 Å². The first-order valence-corrected chi connectivity index (χ1v) is 8.10. The Hall–Kier alpha value is -2.88. The summed E-state index contributed by atoms with van der Waals surface area (Å²) in [6.07, 6.45) is 7.47. The van der Waals surface area contributed by atoms with E-state index in [9.17, 15) is 0 Å². The molecule has 0 radical (unpaired) electrons. The van der Waals surface area contributed by atoms with Crippen LogP contribution >= 0.6 is 0 Å². The summed E-state index contributed by atoms with van der Waals surface area (Å²) in [6.45, 7) is 0. The SMILES string of the molecule is CN(C)N=C(c1ccccc1CCc1ccccc1)n1ccnc1. The quantitative estimate of drug-likeness (QED) is 0.410. The van der Waals surface area contributed by atoms with Crippen molar-refractivity contribution in [3.63, 3.8) is 0 Å². The van der Waals surface area contributed by atoms with Crippen LogP contribution in [0.3, 0.4) is 0 Å². The van der Waals surface area contributed by atoms with Crippen LogP contribution in [0.25, 0.3) is 0 Å². The van der Waals surface area contributed by atoms with Crippen LogP contribution in [-0.2, 0) is 12.8 Å². The molecule has 24 heavy (non-hydrogen) atoms. The number of rotatable bonds is 5. The Balaban J connectivity index is 1.92. The lowest BCUT2D eigenvalue weighted by molar-refractivity contribution is 0.435. The molecule has 0 aliphatic rings. The topological polar surface area (TPSA) is 33.4 Å². The van der Waals surface area contributed by atoms with Crippen molar-refractivity contribution < 1.29 is 0 Å². The summed E-state index contributed by atoms with van der Waals surface area (Å²) in [5.41, 5.74) is 3.77. The number of aromatic nitrogens is 2. The van der Waals surface area contributed by atoms with Crippen molar-refractivity contribution in [3.8, 4) is 0 Å². The minimum Gasteiger partial charge on any atom is -0.301 e. The van der Waals surface area contributed by atoms with Crippen LogP contribution in [-0.4, -0.2) is 34.5 Å². The normalized spacial score (nSPS) is 11.5. The van der Waals surface area contributed by atoms with Crippen molar-refractivity contribution in [2.75, 3.05) is 14.1 Å². The first-order valence-electron chi connectivity index (χ1n) is 8.10. The highest BCUT2D eigenvalue weighted by Crippen LogP contribution is 2.15. The number of hydrogen-bond acceptors (Lipinski definition) is 3. The van der Waals surface area contributed by atoms with E-state index in [0.29, 0.717) is 0 Å². The summed E-state index contributed by atoms with van der Waals surface area (Å²) in [5.74, 6) is 0.890. The second kappa shape index (κ2) is 7.59. The Morgan fingerprint density at radius 3 is 2.46 bits per heavy atom. The standard InChI is InChI=1S/C20H22N4/c1-23(2)22-20(24-15-14-21-16-24)19-11-7-6-10-18(19)13-12-17-8-4-3-5-9-17/h3-11,14-16H,12-13H2,1-2H3. The molecule has 4 nitrogen and oxygen atoms in total. The van der Waals surface area contributed by atoms with Crippen molar-refractivity contribution in [3.05, 3.63) is 90.0 Å². The van der Waals surface area contributed by atoms with Crippen LogP contribution in [0.5, 0.6) is 0 Å². The van der Waals surface area contributed by atoms with Crippen LogP contribution in [0.15, 0.2) is 78.4 Å². The number of benzene rings is 2. The van der Waals surface area contributed by atoms with Crippen molar-refractivity contribution in [2.24, 2.45) is 5.10 Å². The van der Waals surface area contributed by atoms with Crippen molar-refractivity contribution in [1.82, 2.24) is 14.6 Å². The number of hydrogen-bond donors (Lipinski definition) is 0. The van der Waals surface area contributed by atoms with E-state index in [0.717, 1.165) is 24.2 Å². The third kappa shape index (κ3) is 3.90. The lowest BCUT2D eigenvalue weighted by atomic mass is 9.99. The summed E-state index contributed by atoms with van der Waals surface area (Å²) in [4.78, 5) is 4.16. The predicted molar refractivity (Wildman–Crippen MR) is 98.1 cm³/mol. The fraction of sp³-hybridized carbons (Fsp3) is 0.200. The number of aryl methyl sites for hydroxylation is 2. The van der Waals surface area contributed by atoms with E-state index in [1.54, 1.807) is 12.5 Å². The second-order valence-electron chi connectivity index (χ2n) is 5.88. The van der Waals surface area contributed by atoms with Gasteiger partial charge in [0, 0.05) is 32.1 Å². The summed E-state index contributed by atoms with van der Waals surface area (Å²) < 4.78 is 1.96. The van der Waals surface area contributed by atoms with E-state index in [4.69, 9.17) is 0 Å². The van der Waals surface area contributed by atoms with Gasteiger partial charge in [-0.25, -0.2) is 4.98 Å². The minimum absolute atomic E-state index is 0.890. The van der Waals surface area contributed by atoms with Gasteiger partial charge < -0.3 is 5.01 Å². The molecule has 4 heteroatoms. The molecule has 1 aromatic heterocycles. The molecular formula is C20H22N4. The Morgan fingerprint density at radius 2 is 1.75 bits per heavy atom. The van der Waals surface area contributed by atoms with Crippen LogP contribution < -0.4 is 0 Å². The van der Waals surface area contributed by atoms with Crippen LogP contribution in [0.4, 0.5) is 0 Å². The van der Waals surface area contributed by atoms with E-state index in [2.05, 4.69) is 64.7 Å². The maximum atomic E-state index is 4.68. The highest BCUT2D eigenvalue weighted by Gasteiger charge is 2.12. The molecule has 0 saturated heterocycles. The molecule has 3 aromatic rings. The molecule has 0 bridgehead atoms. The van der Waals surface area contributed by atoms with E-state index in [1.807, 2.05) is 29.9 Å². The van der Waals surface area contributed by atoms with Gasteiger partial charge >= 0.3 is 0 Å². The summed E-state index contributed by atoms with van der Waals surface area (Å²) in [5, 5.41) is 6.50. The molecule has 0 amide bonds. The van der Waals surface area contributed by atoms with Crippen molar-refractivity contribution in [2.45, 2.75) is 12.8 Å². The molecule has 0 atom stereocenters. The van der Waals surface area contributed by atoms with Crippen LogP contribution in [0.2, 0.25) is 0 Å². The molecular weight excluding hydrogens is 296 g/mol. The van der Waals surface area contributed by atoms with Gasteiger partial charge in [0.2, 0.25) is 0 Å². The Labute approximate surface area is 143 Å². The first kappa shape index (κ1) is 16.0. The maximum absolute atomic E-state index is 4.68. The first-order chi connectivity index (χ1) is 11.7. The number of imidazole rings is 1. The molecule has 2 aromatic carbocycles. The molecule has 1 heterocycles. The Bertz CT molecular complexity index is 790. The number of nitrogens with zero attached hydrogens (tertiary/aromatic N) is 4. The molecule has 0 aliphatic carbocycles. The average molecular weight is 318 g/mol. The third-order valence-corrected chi connectivity index (χ3v) is 3.83. The lowest BCUT2D eigenvalue weighted by Crippen LogP contribution is -2.19. The molecule has 122 valence electrons. The van der Waals surface area contributed by atoms with Gasteiger partial charge in [0.1, 0.15) is 6.33 Å². The minimum atomic E-state index is 0.890. The second-order valence-corrected chi connectivity index (χ2v) is 5.88. The molecule has 3 rings (SSSR count). The van der Waals surface area contributed by atoms with E-state index >= 15 is 0 Å². The fourth-order valence-electron chi connectivity index (χ4n) is 2.70. The van der Waals surface area contributed by atoms with Crippen LogP contribution in [0.1, 0.15) is 16.7 Å². The molecule has 0 fully saturated rings. The molecule has 0 aliphatic heterocycles. The molecule has 0 N–H and O–H groups in total. The maximum Gasteiger partial charge on any atom is 0.165 e. The third-order valence-electron chi connectivity index (χ3n) is 3.83. The van der Waals surface area contributed by atoms with Crippen LogP contribution in [0, 0.1) is 0 Å². The van der Waals surface area contributed by atoms with Crippen molar-refractivity contribution >= 4 is 5.84 Å². The van der Waals surface area contributed by atoms with Gasteiger partial charge in [-0.15, -0.1) is 0 Å². The highest BCUT2D eigenvalue weighted by molar-refractivity contribution is 6.01. The lowest BCUT2D eigenvalue weighted by Gasteiger charge is -2.15. The zero-order chi connectivity index (χ0) is 16.8. The monoisotopic (exact) mass is 318 g/mol. The highest BCUT2D eigenvalue weighted by atomic mass is 15.4. The Kier molecular flexibility index (Phi) is 5.06. The van der Waals surface area contributed by atoms with Crippen molar-refractivity contribution in [1.29, 1.82) is 0 Å². The number of hydrazone groups is 1. The summed E-state index contributed by atoms with van der Waals surface area (Å²) in [7, 11) is 3.87. The summed E-state index contributed by atoms with van der Waals surface area (Å²) >= 11 is 0. The van der Waals surface area contributed by atoms with Gasteiger partial charge in [-0.2, -0.15) is 5.10 Å². The van der Waals surface area contributed by atoms with Gasteiger partial charge in [0.25, 0.3) is 0 Å².